The minimum absolute atomic E-state index is 0.135. The molecule has 1 saturated heterocycles. The van der Waals surface area contributed by atoms with Crippen LogP contribution in [-0.4, -0.2) is 27.1 Å². The predicted octanol–water partition coefficient (Wildman–Crippen LogP) is 3.44. The van der Waals surface area contributed by atoms with Crippen LogP contribution in [0.4, 0.5) is 0 Å². The number of hydrogen-bond donors (Lipinski definition) is 0. The largest absolute Gasteiger partial charge is 0.468 e. The molecule has 94 valence electrons. The third-order valence-corrected chi connectivity index (χ3v) is 4.58. The summed E-state index contributed by atoms with van der Waals surface area (Å²) in [6.45, 7) is 4.53. The van der Waals surface area contributed by atoms with Gasteiger partial charge in [0.15, 0.2) is 4.84 Å². The van der Waals surface area contributed by atoms with Crippen LogP contribution >= 0.6 is 35.0 Å². The van der Waals surface area contributed by atoms with E-state index >= 15 is 0 Å². The van der Waals surface area contributed by atoms with Crippen molar-refractivity contribution in [2.24, 2.45) is 0 Å². The van der Waals surface area contributed by atoms with Crippen LogP contribution in [0.15, 0.2) is 22.8 Å². The fourth-order valence-corrected chi connectivity index (χ4v) is 3.63. The summed E-state index contributed by atoms with van der Waals surface area (Å²) in [4.78, 5) is 12.3. The maximum atomic E-state index is 11.9. The van der Waals surface area contributed by atoms with E-state index in [1.165, 1.54) is 0 Å². The molecule has 0 aliphatic carbocycles. The summed E-state index contributed by atoms with van der Waals surface area (Å²) in [7, 11) is 0. The molecule has 0 saturated carbocycles. The van der Waals surface area contributed by atoms with Crippen molar-refractivity contribution in [1.82, 2.24) is 4.90 Å². The Hall–Kier alpha value is -0.320. The number of rotatable bonds is 2. The van der Waals surface area contributed by atoms with Gasteiger partial charge < -0.3 is 9.32 Å². The maximum Gasteiger partial charge on any atom is 0.257 e. The van der Waals surface area contributed by atoms with Crippen molar-refractivity contribution in [3.8, 4) is 0 Å². The van der Waals surface area contributed by atoms with Gasteiger partial charge in [-0.3, -0.25) is 4.79 Å². The Morgan fingerprint density at radius 3 is 2.88 bits per heavy atom. The highest BCUT2D eigenvalue weighted by Crippen LogP contribution is 2.48. The molecular formula is C11H13Cl2NO2S. The number of carbonyl (C=O) groups is 1. The predicted molar refractivity (Wildman–Crippen MR) is 70.3 cm³/mol. The number of thioether (sulfide) groups is 1. The number of alkyl halides is 2. The second-order valence-electron chi connectivity index (χ2n) is 4.32. The van der Waals surface area contributed by atoms with Crippen molar-refractivity contribution in [2.75, 3.05) is 6.54 Å². The maximum absolute atomic E-state index is 11.9. The standard InChI is InChI=1S/C11H13Cl2NO2S/c1-11(2)14(10(15)9(12)13)6-8(17-11)7-4-3-5-16-7/h3-5,8-9H,6H2,1-2H3. The van der Waals surface area contributed by atoms with Gasteiger partial charge >= 0.3 is 0 Å². The first-order valence-electron chi connectivity index (χ1n) is 5.22. The van der Waals surface area contributed by atoms with E-state index < -0.39 is 4.84 Å². The van der Waals surface area contributed by atoms with Crippen LogP contribution in [-0.2, 0) is 4.79 Å². The van der Waals surface area contributed by atoms with Gasteiger partial charge in [0.25, 0.3) is 5.91 Å². The van der Waals surface area contributed by atoms with Crippen LogP contribution in [0.25, 0.3) is 0 Å². The number of furan rings is 1. The summed E-state index contributed by atoms with van der Waals surface area (Å²) in [6, 6.07) is 3.76. The average molecular weight is 294 g/mol. The zero-order valence-electron chi connectivity index (χ0n) is 9.52. The average Bonchev–Trinajstić information content (AvgIpc) is 2.83. The topological polar surface area (TPSA) is 33.5 Å². The second kappa shape index (κ2) is 4.75. The van der Waals surface area contributed by atoms with Gasteiger partial charge in [-0.15, -0.1) is 11.8 Å². The molecule has 3 nitrogen and oxygen atoms in total. The molecule has 1 aromatic heterocycles. The Morgan fingerprint density at radius 1 is 1.65 bits per heavy atom. The SMILES string of the molecule is CC1(C)SC(c2ccco2)CN1C(=O)C(Cl)Cl. The quantitative estimate of drug-likeness (QED) is 0.783. The van der Waals surface area contributed by atoms with Gasteiger partial charge in [-0.05, 0) is 26.0 Å². The van der Waals surface area contributed by atoms with E-state index in [4.69, 9.17) is 27.6 Å². The lowest BCUT2D eigenvalue weighted by atomic mass is 10.2. The Bertz CT molecular complexity index is 406. The minimum Gasteiger partial charge on any atom is -0.468 e. The molecule has 1 aliphatic heterocycles. The molecule has 6 heteroatoms. The Kier molecular flexibility index (Phi) is 3.66. The van der Waals surface area contributed by atoms with Crippen molar-refractivity contribution >= 4 is 40.9 Å². The summed E-state index contributed by atoms with van der Waals surface area (Å²) in [5, 5.41) is 0.135. The molecule has 0 bridgehead atoms. The normalized spacial score (nSPS) is 23.4. The van der Waals surface area contributed by atoms with Crippen molar-refractivity contribution in [1.29, 1.82) is 0 Å². The number of nitrogens with zero attached hydrogens (tertiary/aromatic N) is 1. The van der Waals surface area contributed by atoms with Gasteiger partial charge in [-0.25, -0.2) is 0 Å². The van der Waals surface area contributed by atoms with E-state index in [2.05, 4.69) is 0 Å². The highest BCUT2D eigenvalue weighted by atomic mass is 35.5. The van der Waals surface area contributed by atoms with Gasteiger partial charge in [0.05, 0.1) is 16.4 Å². The Balaban J connectivity index is 2.18. The number of amides is 1. The third-order valence-electron chi connectivity index (χ3n) is 2.74. The fourth-order valence-electron chi connectivity index (χ4n) is 1.93. The Morgan fingerprint density at radius 2 is 2.35 bits per heavy atom. The molecule has 0 aromatic carbocycles. The lowest BCUT2D eigenvalue weighted by molar-refractivity contribution is -0.131. The molecule has 2 heterocycles. The van der Waals surface area contributed by atoms with Gasteiger partial charge in [0, 0.05) is 6.54 Å². The Labute approximate surface area is 114 Å². The molecule has 1 aliphatic rings. The van der Waals surface area contributed by atoms with E-state index in [-0.39, 0.29) is 16.0 Å². The van der Waals surface area contributed by atoms with Gasteiger partial charge in [-0.1, -0.05) is 23.2 Å². The molecule has 2 rings (SSSR count). The van der Waals surface area contributed by atoms with Crippen LogP contribution in [0.2, 0.25) is 0 Å². The molecule has 0 N–H and O–H groups in total. The molecule has 1 unspecified atom stereocenters. The lowest BCUT2D eigenvalue weighted by Crippen LogP contribution is -2.43. The lowest BCUT2D eigenvalue weighted by Gasteiger charge is -2.30. The molecule has 17 heavy (non-hydrogen) atoms. The first kappa shape index (κ1) is 13.1. The highest BCUT2D eigenvalue weighted by molar-refractivity contribution is 8.01. The van der Waals surface area contributed by atoms with Crippen LogP contribution in [0.3, 0.4) is 0 Å². The summed E-state index contributed by atoms with van der Waals surface area (Å²) in [6.07, 6.45) is 1.64. The second-order valence-corrected chi connectivity index (χ2v) is 7.22. The molecule has 1 atom stereocenters. The summed E-state index contributed by atoms with van der Waals surface area (Å²) in [5.74, 6) is 0.624. The van der Waals surface area contributed by atoms with E-state index in [9.17, 15) is 4.79 Å². The molecule has 0 spiro atoms. The number of hydrogen-bond acceptors (Lipinski definition) is 3. The van der Waals surface area contributed by atoms with Crippen molar-refractivity contribution < 1.29 is 9.21 Å². The number of halogens is 2. The third kappa shape index (κ3) is 2.59. The van der Waals surface area contributed by atoms with Crippen LogP contribution < -0.4 is 0 Å². The molecule has 1 aromatic rings. The van der Waals surface area contributed by atoms with Crippen LogP contribution in [0.5, 0.6) is 0 Å². The first-order valence-corrected chi connectivity index (χ1v) is 6.98. The highest BCUT2D eigenvalue weighted by Gasteiger charge is 2.44. The fraction of sp³-hybridized carbons (Fsp3) is 0.545. The monoisotopic (exact) mass is 293 g/mol. The minimum atomic E-state index is -1.01. The number of carbonyl (C=O) groups excluding carboxylic acids is 1. The summed E-state index contributed by atoms with van der Waals surface area (Å²) >= 11 is 13.0. The molecule has 0 radical (unpaired) electrons. The van der Waals surface area contributed by atoms with Crippen molar-refractivity contribution in [2.45, 2.75) is 28.8 Å². The zero-order chi connectivity index (χ0) is 12.6. The molecule has 1 fully saturated rings. The summed E-state index contributed by atoms with van der Waals surface area (Å²) < 4.78 is 5.37. The van der Waals surface area contributed by atoms with Gasteiger partial charge in [-0.2, -0.15) is 0 Å². The van der Waals surface area contributed by atoms with Gasteiger partial charge in [0.2, 0.25) is 0 Å². The van der Waals surface area contributed by atoms with E-state index in [1.54, 1.807) is 22.9 Å². The van der Waals surface area contributed by atoms with E-state index in [0.717, 1.165) is 5.76 Å². The van der Waals surface area contributed by atoms with Crippen molar-refractivity contribution in [3.63, 3.8) is 0 Å². The van der Waals surface area contributed by atoms with Crippen LogP contribution in [0, 0.1) is 0 Å². The van der Waals surface area contributed by atoms with Crippen molar-refractivity contribution in [3.05, 3.63) is 24.2 Å². The zero-order valence-corrected chi connectivity index (χ0v) is 11.9. The summed E-state index contributed by atoms with van der Waals surface area (Å²) in [5.41, 5.74) is 0. The van der Waals surface area contributed by atoms with E-state index in [1.807, 2.05) is 26.0 Å². The smallest absolute Gasteiger partial charge is 0.257 e. The molecule has 1 amide bonds. The van der Waals surface area contributed by atoms with Gasteiger partial charge in [0.1, 0.15) is 5.76 Å². The van der Waals surface area contributed by atoms with Crippen LogP contribution in [0.1, 0.15) is 24.9 Å². The molecular weight excluding hydrogens is 281 g/mol. The van der Waals surface area contributed by atoms with E-state index in [0.29, 0.717) is 6.54 Å². The first-order chi connectivity index (χ1) is 7.92.